The summed E-state index contributed by atoms with van der Waals surface area (Å²) in [5.74, 6) is 0. The number of rotatable bonds is 6. The predicted octanol–water partition coefficient (Wildman–Crippen LogP) is 1.47. The first-order chi connectivity index (χ1) is 8.36. The van der Waals surface area contributed by atoms with E-state index in [1.165, 1.54) is 18.2 Å². The number of nitrogens with two attached hydrogens (primary N) is 1. The molecule has 0 fully saturated rings. The van der Waals surface area contributed by atoms with E-state index in [0.29, 0.717) is 23.0 Å². The van der Waals surface area contributed by atoms with Gasteiger partial charge in [0, 0.05) is 16.7 Å². The molecule has 4 N–H and O–H groups in total. The van der Waals surface area contributed by atoms with E-state index in [1.54, 1.807) is 0 Å². The highest BCUT2D eigenvalue weighted by Crippen LogP contribution is 2.22. The second-order valence-electron chi connectivity index (χ2n) is 3.93. The van der Waals surface area contributed by atoms with Crippen LogP contribution >= 0.6 is 15.9 Å². The SMILES string of the molecule is CCC(O)CCNS(=O)(=O)c1ccc(N)c(Br)c1. The second kappa shape index (κ2) is 6.51. The lowest BCUT2D eigenvalue weighted by Gasteiger charge is -2.10. The summed E-state index contributed by atoms with van der Waals surface area (Å²) >= 11 is 3.18. The average Bonchev–Trinajstić information content (AvgIpc) is 2.32. The number of sulfonamides is 1. The van der Waals surface area contributed by atoms with Crippen LogP contribution in [0.1, 0.15) is 19.8 Å². The highest BCUT2D eigenvalue weighted by atomic mass is 79.9. The lowest BCUT2D eigenvalue weighted by Crippen LogP contribution is -2.27. The molecule has 0 aliphatic carbocycles. The topological polar surface area (TPSA) is 92.4 Å². The summed E-state index contributed by atoms with van der Waals surface area (Å²) < 4.78 is 26.8. The van der Waals surface area contributed by atoms with Crippen molar-refractivity contribution in [2.24, 2.45) is 0 Å². The summed E-state index contributed by atoms with van der Waals surface area (Å²) in [6.45, 7) is 2.05. The fourth-order valence-corrected chi connectivity index (χ4v) is 2.93. The van der Waals surface area contributed by atoms with Gasteiger partial charge in [0.1, 0.15) is 0 Å². The van der Waals surface area contributed by atoms with E-state index >= 15 is 0 Å². The van der Waals surface area contributed by atoms with E-state index in [0.717, 1.165) is 0 Å². The molecule has 1 atom stereocenters. The van der Waals surface area contributed by atoms with Gasteiger partial charge in [-0.05, 0) is 47.0 Å². The van der Waals surface area contributed by atoms with Gasteiger partial charge in [0.25, 0.3) is 0 Å². The van der Waals surface area contributed by atoms with Crippen LogP contribution in [0.2, 0.25) is 0 Å². The van der Waals surface area contributed by atoms with Gasteiger partial charge in [-0.25, -0.2) is 13.1 Å². The molecule has 7 heteroatoms. The first-order valence-electron chi connectivity index (χ1n) is 5.59. The molecule has 5 nitrogen and oxygen atoms in total. The van der Waals surface area contributed by atoms with Crippen molar-refractivity contribution in [1.82, 2.24) is 4.72 Å². The van der Waals surface area contributed by atoms with Crippen molar-refractivity contribution in [2.75, 3.05) is 12.3 Å². The van der Waals surface area contributed by atoms with E-state index < -0.39 is 16.1 Å². The van der Waals surface area contributed by atoms with Crippen LogP contribution < -0.4 is 10.5 Å². The molecule has 0 bridgehead atoms. The summed E-state index contributed by atoms with van der Waals surface area (Å²) in [6.07, 6.45) is 0.520. The van der Waals surface area contributed by atoms with Crippen molar-refractivity contribution in [3.8, 4) is 0 Å². The first-order valence-corrected chi connectivity index (χ1v) is 7.87. The first kappa shape index (κ1) is 15.4. The van der Waals surface area contributed by atoms with Crippen LogP contribution in [0.15, 0.2) is 27.6 Å². The van der Waals surface area contributed by atoms with Gasteiger partial charge in [-0.15, -0.1) is 0 Å². The molecular weight excluding hydrogens is 320 g/mol. The van der Waals surface area contributed by atoms with Crippen LogP contribution in [0.3, 0.4) is 0 Å². The van der Waals surface area contributed by atoms with Crippen LogP contribution in [-0.4, -0.2) is 26.2 Å². The molecule has 1 aromatic carbocycles. The maximum Gasteiger partial charge on any atom is 0.240 e. The molecule has 0 amide bonds. The quantitative estimate of drug-likeness (QED) is 0.686. The van der Waals surface area contributed by atoms with Crippen molar-refractivity contribution in [3.63, 3.8) is 0 Å². The Balaban J connectivity index is 2.71. The van der Waals surface area contributed by atoms with Gasteiger partial charge in [-0.3, -0.25) is 0 Å². The highest BCUT2D eigenvalue weighted by molar-refractivity contribution is 9.10. The summed E-state index contributed by atoms with van der Waals surface area (Å²) in [6, 6.07) is 4.42. The molecule has 0 saturated carbocycles. The van der Waals surface area contributed by atoms with Crippen LogP contribution in [0.4, 0.5) is 5.69 Å². The van der Waals surface area contributed by atoms with E-state index in [2.05, 4.69) is 20.7 Å². The minimum atomic E-state index is -3.55. The molecule has 0 saturated heterocycles. The summed E-state index contributed by atoms with van der Waals surface area (Å²) in [5, 5.41) is 9.35. The third kappa shape index (κ3) is 4.24. The number of halogens is 1. The van der Waals surface area contributed by atoms with Crippen molar-refractivity contribution in [3.05, 3.63) is 22.7 Å². The Hall–Kier alpha value is -0.630. The molecule has 0 aliphatic rings. The number of hydrogen-bond donors (Lipinski definition) is 3. The van der Waals surface area contributed by atoms with E-state index in [-0.39, 0.29) is 11.4 Å². The number of hydrogen-bond acceptors (Lipinski definition) is 4. The third-order valence-corrected chi connectivity index (χ3v) is 4.67. The fourth-order valence-electron chi connectivity index (χ4n) is 1.32. The Morgan fingerprint density at radius 1 is 1.50 bits per heavy atom. The van der Waals surface area contributed by atoms with Gasteiger partial charge in [0.15, 0.2) is 0 Å². The second-order valence-corrected chi connectivity index (χ2v) is 6.55. The third-order valence-electron chi connectivity index (χ3n) is 2.52. The molecule has 0 radical (unpaired) electrons. The highest BCUT2D eigenvalue weighted by Gasteiger charge is 2.15. The Morgan fingerprint density at radius 3 is 2.72 bits per heavy atom. The average molecular weight is 337 g/mol. The number of nitrogens with one attached hydrogen (secondary N) is 1. The molecule has 0 spiro atoms. The van der Waals surface area contributed by atoms with Crippen molar-refractivity contribution in [2.45, 2.75) is 30.8 Å². The summed E-state index contributed by atoms with van der Waals surface area (Å²) in [4.78, 5) is 0.148. The molecule has 0 aromatic heterocycles. The molecule has 1 rings (SSSR count). The predicted molar refractivity (Wildman–Crippen MR) is 74.7 cm³/mol. The Morgan fingerprint density at radius 2 is 2.17 bits per heavy atom. The largest absolute Gasteiger partial charge is 0.398 e. The molecule has 102 valence electrons. The Labute approximate surface area is 116 Å². The van der Waals surface area contributed by atoms with E-state index in [1.807, 2.05) is 6.92 Å². The number of anilines is 1. The maximum absolute atomic E-state index is 11.9. The van der Waals surface area contributed by atoms with Crippen LogP contribution in [0, 0.1) is 0 Å². The molecule has 0 heterocycles. The van der Waals surface area contributed by atoms with Crippen molar-refractivity contribution in [1.29, 1.82) is 0 Å². The molecule has 1 aromatic rings. The standard InChI is InChI=1S/C11H17BrN2O3S/c1-2-8(15)5-6-14-18(16,17)9-3-4-11(13)10(12)7-9/h3-4,7-8,14-15H,2,5-6,13H2,1H3. The minimum absolute atomic E-state index is 0.148. The van der Waals surface area contributed by atoms with Crippen LogP contribution in [0.5, 0.6) is 0 Å². The molecule has 18 heavy (non-hydrogen) atoms. The van der Waals surface area contributed by atoms with Gasteiger partial charge in [0.05, 0.1) is 11.0 Å². The number of benzene rings is 1. The fraction of sp³-hybridized carbons (Fsp3) is 0.455. The Bertz CT molecular complexity index is 505. The van der Waals surface area contributed by atoms with Gasteiger partial charge in [-0.2, -0.15) is 0 Å². The van der Waals surface area contributed by atoms with Gasteiger partial charge in [-0.1, -0.05) is 6.92 Å². The number of aliphatic hydroxyl groups excluding tert-OH is 1. The zero-order valence-electron chi connectivity index (χ0n) is 10.1. The maximum atomic E-state index is 11.9. The minimum Gasteiger partial charge on any atom is -0.398 e. The lowest BCUT2D eigenvalue weighted by atomic mass is 10.2. The summed E-state index contributed by atoms with van der Waals surface area (Å²) in [5.41, 5.74) is 6.08. The van der Waals surface area contributed by atoms with Gasteiger partial charge < -0.3 is 10.8 Å². The zero-order valence-corrected chi connectivity index (χ0v) is 12.5. The number of aliphatic hydroxyl groups is 1. The van der Waals surface area contributed by atoms with Gasteiger partial charge in [0.2, 0.25) is 10.0 Å². The van der Waals surface area contributed by atoms with E-state index in [9.17, 15) is 13.5 Å². The summed E-state index contributed by atoms with van der Waals surface area (Å²) in [7, 11) is -3.55. The monoisotopic (exact) mass is 336 g/mol. The van der Waals surface area contributed by atoms with Crippen LogP contribution in [0.25, 0.3) is 0 Å². The molecular formula is C11H17BrN2O3S. The molecule has 1 unspecified atom stereocenters. The van der Waals surface area contributed by atoms with Crippen molar-refractivity contribution >= 4 is 31.6 Å². The van der Waals surface area contributed by atoms with Gasteiger partial charge >= 0.3 is 0 Å². The lowest BCUT2D eigenvalue weighted by molar-refractivity contribution is 0.162. The number of nitrogen functional groups attached to an aromatic ring is 1. The zero-order chi connectivity index (χ0) is 13.8. The van der Waals surface area contributed by atoms with Crippen LogP contribution in [-0.2, 0) is 10.0 Å². The smallest absolute Gasteiger partial charge is 0.240 e. The Kier molecular flexibility index (Phi) is 5.58. The van der Waals surface area contributed by atoms with Crippen molar-refractivity contribution < 1.29 is 13.5 Å². The molecule has 0 aliphatic heterocycles. The normalized spacial score (nSPS) is 13.5. The van der Waals surface area contributed by atoms with E-state index in [4.69, 9.17) is 5.73 Å².